The Bertz CT molecular complexity index is 517. The Kier molecular flexibility index (Phi) is 2.55. The van der Waals surface area contributed by atoms with Gasteiger partial charge in [0.1, 0.15) is 17.9 Å². The molecule has 0 atom stereocenters. The van der Waals surface area contributed by atoms with Crippen LogP contribution in [0.2, 0.25) is 0 Å². The van der Waals surface area contributed by atoms with Crippen molar-refractivity contribution in [1.82, 2.24) is 14.8 Å². The fourth-order valence-electron chi connectivity index (χ4n) is 2.02. The highest BCUT2D eigenvalue weighted by molar-refractivity contribution is 5.30. The average Bonchev–Trinajstić information content (AvgIpc) is 3.11. The highest BCUT2D eigenvalue weighted by Crippen LogP contribution is 2.35. The van der Waals surface area contributed by atoms with E-state index in [2.05, 4.69) is 20.8 Å². The molecule has 0 amide bonds. The van der Waals surface area contributed by atoms with Crippen LogP contribution < -0.4 is 4.74 Å². The van der Waals surface area contributed by atoms with Gasteiger partial charge < -0.3 is 9.30 Å². The minimum absolute atomic E-state index is 0.630. The zero-order chi connectivity index (χ0) is 11.7. The molecular weight excluding hydrogens is 214 g/mol. The molecule has 1 aliphatic carbocycles. The monoisotopic (exact) mass is 229 g/mol. The van der Waals surface area contributed by atoms with Crippen molar-refractivity contribution in [2.24, 2.45) is 0 Å². The van der Waals surface area contributed by atoms with Crippen LogP contribution in [0.4, 0.5) is 0 Å². The summed E-state index contributed by atoms with van der Waals surface area (Å²) >= 11 is 0. The van der Waals surface area contributed by atoms with Gasteiger partial charge in [-0.2, -0.15) is 0 Å². The topological polar surface area (TPSA) is 39.9 Å². The summed E-state index contributed by atoms with van der Waals surface area (Å²) < 4.78 is 7.42. The fraction of sp³-hybridized carbons (Fsp3) is 0.385. The predicted molar refractivity (Wildman–Crippen MR) is 64.1 cm³/mol. The third-order valence-corrected chi connectivity index (χ3v) is 3.08. The zero-order valence-corrected chi connectivity index (χ0v) is 9.84. The van der Waals surface area contributed by atoms with Crippen LogP contribution >= 0.6 is 0 Å². The smallest absolute Gasteiger partial charge is 0.137 e. The average molecular weight is 229 g/mol. The third kappa shape index (κ3) is 2.16. The van der Waals surface area contributed by atoms with Crippen molar-refractivity contribution in [2.75, 3.05) is 7.11 Å². The molecule has 1 aromatic heterocycles. The summed E-state index contributed by atoms with van der Waals surface area (Å²) in [6.07, 6.45) is 5.16. The van der Waals surface area contributed by atoms with Crippen LogP contribution in [-0.4, -0.2) is 21.9 Å². The number of ether oxygens (including phenoxy) is 1. The van der Waals surface area contributed by atoms with Gasteiger partial charge in [-0.05, 0) is 30.5 Å². The molecule has 0 unspecified atom stereocenters. The molecule has 1 aromatic carbocycles. The number of nitrogens with zero attached hydrogens (tertiary/aromatic N) is 3. The summed E-state index contributed by atoms with van der Waals surface area (Å²) in [7, 11) is 1.69. The van der Waals surface area contributed by atoms with Crippen molar-refractivity contribution in [1.29, 1.82) is 0 Å². The minimum Gasteiger partial charge on any atom is -0.497 e. The number of rotatable bonds is 4. The Labute approximate surface area is 100 Å². The van der Waals surface area contributed by atoms with Gasteiger partial charge in [-0.25, -0.2) is 0 Å². The second kappa shape index (κ2) is 4.20. The van der Waals surface area contributed by atoms with E-state index in [0.717, 1.165) is 18.0 Å². The summed E-state index contributed by atoms with van der Waals surface area (Å²) in [6.45, 7) is 0. The Hall–Kier alpha value is -1.84. The van der Waals surface area contributed by atoms with Gasteiger partial charge in [-0.1, -0.05) is 12.1 Å². The normalized spacial score (nSPS) is 14.9. The second-order valence-electron chi connectivity index (χ2n) is 4.41. The highest BCUT2D eigenvalue weighted by atomic mass is 16.5. The Morgan fingerprint density at radius 2 is 2.29 bits per heavy atom. The van der Waals surface area contributed by atoms with Gasteiger partial charge in [0.15, 0.2) is 0 Å². The van der Waals surface area contributed by atoms with Crippen LogP contribution in [0.25, 0.3) is 0 Å². The summed E-state index contributed by atoms with van der Waals surface area (Å²) in [4.78, 5) is 0. The van der Waals surface area contributed by atoms with E-state index in [-0.39, 0.29) is 0 Å². The van der Waals surface area contributed by atoms with E-state index in [1.165, 1.54) is 18.4 Å². The molecule has 1 fully saturated rings. The predicted octanol–water partition coefficient (Wildman–Crippen LogP) is 2.21. The molecule has 0 saturated heterocycles. The quantitative estimate of drug-likeness (QED) is 0.807. The molecule has 0 spiro atoms. The van der Waals surface area contributed by atoms with Gasteiger partial charge in [-0.15, -0.1) is 10.2 Å². The molecule has 4 nitrogen and oxygen atoms in total. The lowest BCUT2D eigenvalue weighted by Crippen LogP contribution is -2.01. The lowest BCUT2D eigenvalue weighted by Gasteiger charge is -2.06. The molecule has 0 bridgehead atoms. The highest BCUT2D eigenvalue weighted by Gasteiger charge is 2.25. The number of aromatic nitrogens is 3. The van der Waals surface area contributed by atoms with E-state index in [9.17, 15) is 0 Å². The Balaban J connectivity index is 1.83. The number of benzene rings is 1. The first-order valence-corrected chi connectivity index (χ1v) is 5.88. The summed E-state index contributed by atoms with van der Waals surface area (Å²) in [5.41, 5.74) is 1.21. The first kappa shape index (κ1) is 10.3. The summed E-state index contributed by atoms with van der Waals surface area (Å²) in [5.74, 6) is 1.93. The van der Waals surface area contributed by atoms with Crippen molar-refractivity contribution in [3.63, 3.8) is 0 Å². The first-order chi connectivity index (χ1) is 8.36. The summed E-state index contributed by atoms with van der Waals surface area (Å²) in [6, 6.07) is 8.73. The third-order valence-electron chi connectivity index (χ3n) is 3.08. The van der Waals surface area contributed by atoms with Crippen LogP contribution in [0, 0.1) is 0 Å². The molecule has 0 aliphatic heterocycles. The number of hydrogen-bond donors (Lipinski definition) is 0. The molecule has 0 radical (unpaired) electrons. The van der Waals surface area contributed by atoms with E-state index in [4.69, 9.17) is 4.74 Å². The number of methoxy groups -OCH3 is 1. The van der Waals surface area contributed by atoms with E-state index >= 15 is 0 Å². The SMILES string of the molecule is COc1cccc(Cc2nncn2C2CC2)c1. The minimum atomic E-state index is 0.630. The number of hydrogen-bond acceptors (Lipinski definition) is 3. The molecule has 17 heavy (non-hydrogen) atoms. The first-order valence-electron chi connectivity index (χ1n) is 5.88. The molecule has 2 aromatic rings. The standard InChI is InChI=1S/C13H15N3O/c1-17-12-4-2-3-10(7-12)8-13-15-14-9-16(13)11-5-6-11/h2-4,7,9,11H,5-6,8H2,1H3. The van der Waals surface area contributed by atoms with Gasteiger partial charge in [0.25, 0.3) is 0 Å². The van der Waals surface area contributed by atoms with Crippen LogP contribution in [0.5, 0.6) is 5.75 Å². The van der Waals surface area contributed by atoms with E-state index in [1.54, 1.807) is 7.11 Å². The Morgan fingerprint density at radius 1 is 1.41 bits per heavy atom. The van der Waals surface area contributed by atoms with Crippen molar-refractivity contribution >= 4 is 0 Å². The molecule has 3 rings (SSSR count). The van der Waals surface area contributed by atoms with E-state index < -0.39 is 0 Å². The van der Waals surface area contributed by atoms with Gasteiger partial charge in [0.05, 0.1) is 7.11 Å². The van der Waals surface area contributed by atoms with Crippen molar-refractivity contribution in [3.05, 3.63) is 42.0 Å². The van der Waals surface area contributed by atoms with E-state index in [1.807, 2.05) is 24.5 Å². The molecule has 88 valence electrons. The van der Waals surface area contributed by atoms with E-state index in [0.29, 0.717) is 6.04 Å². The van der Waals surface area contributed by atoms with Crippen LogP contribution in [0.3, 0.4) is 0 Å². The fourth-order valence-corrected chi connectivity index (χ4v) is 2.02. The largest absolute Gasteiger partial charge is 0.497 e. The van der Waals surface area contributed by atoms with Crippen molar-refractivity contribution < 1.29 is 4.74 Å². The zero-order valence-electron chi connectivity index (χ0n) is 9.84. The maximum atomic E-state index is 5.22. The summed E-state index contributed by atoms with van der Waals surface area (Å²) in [5, 5.41) is 8.20. The molecule has 1 saturated carbocycles. The van der Waals surface area contributed by atoms with Gasteiger partial charge in [0.2, 0.25) is 0 Å². The molecule has 4 heteroatoms. The maximum Gasteiger partial charge on any atom is 0.137 e. The lowest BCUT2D eigenvalue weighted by atomic mass is 10.1. The second-order valence-corrected chi connectivity index (χ2v) is 4.41. The lowest BCUT2D eigenvalue weighted by molar-refractivity contribution is 0.414. The molecule has 0 N–H and O–H groups in total. The molecular formula is C13H15N3O. The van der Waals surface area contributed by atoms with Gasteiger partial charge in [-0.3, -0.25) is 0 Å². The Morgan fingerprint density at radius 3 is 3.06 bits per heavy atom. The molecule has 1 heterocycles. The molecule has 1 aliphatic rings. The van der Waals surface area contributed by atoms with Crippen LogP contribution in [0.1, 0.15) is 30.3 Å². The van der Waals surface area contributed by atoms with Crippen LogP contribution in [0.15, 0.2) is 30.6 Å². The van der Waals surface area contributed by atoms with Crippen LogP contribution in [-0.2, 0) is 6.42 Å². The van der Waals surface area contributed by atoms with Crippen molar-refractivity contribution in [3.8, 4) is 5.75 Å². The maximum absolute atomic E-state index is 5.22. The van der Waals surface area contributed by atoms with Gasteiger partial charge >= 0.3 is 0 Å². The van der Waals surface area contributed by atoms with Crippen molar-refractivity contribution in [2.45, 2.75) is 25.3 Å². The van der Waals surface area contributed by atoms with Gasteiger partial charge in [0, 0.05) is 12.5 Å².